The normalized spacial score (nSPS) is 23.2. The molecule has 1 aliphatic heterocycles. The van der Waals surface area contributed by atoms with Crippen LogP contribution in [0.25, 0.3) is 5.57 Å². The maximum Gasteiger partial charge on any atom is 0.154 e. The summed E-state index contributed by atoms with van der Waals surface area (Å²) in [6.07, 6.45) is 10.1. The highest BCUT2D eigenvalue weighted by molar-refractivity contribution is 8.13. The smallest absolute Gasteiger partial charge is 0.154 e. The Bertz CT molecular complexity index is 1220. The van der Waals surface area contributed by atoms with Gasteiger partial charge in [-0.25, -0.2) is 0 Å². The summed E-state index contributed by atoms with van der Waals surface area (Å²) in [7, 11) is 0. The van der Waals surface area contributed by atoms with E-state index in [4.69, 9.17) is 10.7 Å². The first kappa shape index (κ1) is 21.8. The second kappa shape index (κ2) is 8.39. The van der Waals surface area contributed by atoms with Gasteiger partial charge in [-0.2, -0.15) is 5.26 Å². The standard InChI is InChI=1S/C29H29N3S/c1-3-21(16-20(2)19-30)24-8-9-25-18-28(12-10-22-6-4-5-7-23(22)11-13-28)29(26(25)17-24)14-15-33-27(31)32-29/h3-9,16-17H,1-2,10-15,18H2,(H2,31,32). The molecule has 0 saturated carbocycles. The molecule has 0 radical (unpaired) electrons. The van der Waals surface area contributed by atoms with Crippen LogP contribution in [0.1, 0.15) is 47.1 Å². The fourth-order valence-corrected chi connectivity index (χ4v) is 7.07. The molecule has 0 bridgehead atoms. The van der Waals surface area contributed by atoms with Crippen LogP contribution in [-0.4, -0.2) is 10.9 Å². The van der Waals surface area contributed by atoms with Crippen LogP contribution in [-0.2, 0) is 24.8 Å². The van der Waals surface area contributed by atoms with Gasteiger partial charge in [0.25, 0.3) is 0 Å². The summed E-state index contributed by atoms with van der Waals surface area (Å²) in [4.78, 5) is 5.28. The van der Waals surface area contributed by atoms with Crippen molar-refractivity contribution in [1.82, 2.24) is 0 Å². The maximum absolute atomic E-state index is 9.21. The lowest BCUT2D eigenvalue weighted by atomic mass is 9.64. The molecule has 33 heavy (non-hydrogen) atoms. The van der Waals surface area contributed by atoms with Crippen molar-refractivity contribution in [2.75, 3.05) is 5.75 Å². The Hall–Kier alpha value is -3.03. The second-order valence-electron chi connectivity index (χ2n) is 9.45. The van der Waals surface area contributed by atoms with Crippen molar-refractivity contribution >= 4 is 22.5 Å². The largest absolute Gasteiger partial charge is 0.379 e. The highest BCUT2D eigenvalue weighted by Gasteiger charge is 2.58. The van der Waals surface area contributed by atoms with Crippen LogP contribution in [0.15, 0.2) is 78.3 Å². The summed E-state index contributed by atoms with van der Waals surface area (Å²) < 4.78 is 0. The van der Waals surface area contributed by atoms with E-state index in [0.717, 1.165) is 55.4 Å². The second-order valence-corrected chi connectivity index (χ2v) is 10.6. The zero-order valence-corrected chi connectivity index (χ0v) is 19.8. The van der Waals surface area contributed by atoms with Crippen LogP contribution in [0.4, 0.5) is 0 Å². The first-order valence-electron chi connectivity index (χ1n) is 11.6. The van der Waals surface area contributed by atoms with E-state index >= 15 is 0 Å². The van der Waals surface area contributed by atoms with E-state index in [1.807, 2.05) is 6.08 Å². The van der Waals surface area contributed by atoms with Gasteiger partial charge in [0.05, 0.1) is 11.6 Å². The summed E-state index contributed by atoms with van der Waals surface area (Å²) in [6.45, 7) is 7.81. The van der Waals surface area contributed by atoms with Gasteiger partial charge in [0.1, 0.15) is 0 Å². The van der Waals surface area contributed by atoms with Gasteiger partial charge < -0.3 is 5.73 Å². The molecule has 5 rings (SSSR count). The predicted molar refractivity (Wildman–Crippen MR) is 139 cm³/mol. The molecule has 3 aliphatic rings. The molecule has 0 amide bonds. The van der Waals surface area contributed by atoms with Crippen LogP contribution in [0.3, 0.4) is 0 Å². The van der Waals surface area contributed by atoms with Crippen LogP contribution >= 0.6 is 11.8 Å². The number of hydrogen-bond donors (Lipinski definition) is 1. The van der Waals surface area contributed by atoms with Crippen molar-refractivity contribution in [1.29, 1.82) is 5.26 Å². The number of rotatable bonds is 3. The Balaban J connectivity index is 1.64. The van der Waals surface area contributed by atoms with E-state index in [2.05, 4.69) is 61.7 Å². The molecule has 3 nitrogen and oxygen atoms in total. The lowest BCUT2D eigenvalue weighted by Gasteiger charge is -2.46. The van der Waals surface area contributed by atoms with E-state index in [-0.39, 0.29) is 11.0 Å². The first-order chi connectivity index (χ1) is 16.0. The number of aliphatic imine (C=N–C) groups is 1. The molecular weight excluding hydrogens is 422 g/mol. The van der Waals surface area contributed by atoms with E-state index in [9.17, 15) is 5.26 Å². The Kier molecular flexibility index (Phi) is 5.54. The van der Waals surface area contributed by atoms with Gasteiger partial charge in [0.2, 0.25) is 0 Å². The lowest BCUT2D eigenvalue weighted by Crippen LogP contribution is -2.45. The van der Waals surface area contributed by atoms with Crippen LogP contribution in [0.2, 0.25) is 0 Å². The third-order valence-electron chi connectivity index (χ3n) is 7.87. The fourth-order valence-electron chi connectivity index (χ4n) is 6.24. The molecule has 0 saturated heterocycles. The molecule has 166 valence electrons. The molecule has 2 aliphatic carbocycles. The highest BCUT2D eigenvalue weighted by atomic mass is 32.2. The summed E-state index contributed by atoms with van der Waals surface area (Å²) in [6, 6.07) is 17.7. The molecule has 1 atom stereocenters. The quantitative estimate of drug-likeness (QED) is 0.453. The van der Waals surface area contributed by atoms with E-state index in [1.165, 1.54) is 22.3 Å². The van der Waals surface area contributed by atoms with Gasteiger partial charge in [-0.15, -0.1) is 0 Å². The average molecular weight is 452 g/mol. The number of nitriles is 1. The minimum absolute atomic E-state index is 0.0624. The van der Waals surface area contributed by atoms with Crippen LogP contribution in [0, 0.1) is 16.7 Å². The zero-order chi connectivity index (χ0) is 23.1. The number of allylic oxidation sites excluding steroid dienone is 4. The topological polar surface area (TPSA) is 62.2 Å². The Labute approximate surface area is 200 Å². The maximum atomic E-state index is 9.21. The van der Waals surface area contributed by atoms with Gasteiger partial charge in [0, 0.05) is 16.7 Å². The SMILES string of the molecule is C=CC(=CC(=C)C#N)c1ccc2c(c1)C1(CCSC(N)=N1)C1(CCc3ccccc3CC1)C2. The number of thioether (sulfide) groups is 1. The fraction of sp³-hybridized carbons (Fsp3) is 0.310. The number of amidine groups is 1. The molecule has 2 N–H and O–H groups in total. The van der Waals surface area contributed by atoms with E-state index < -0.39 is 0 Å². The number of hydrogen-bond acceptors (Lipinski definition) is 4. The molecule has 4 heteroatoms. The number of benzene rings is 2. The molecule has 0 aromatic heterocycles. The van der Waals surface area contributed by atoms with Crippen molar-refractivity contribution in [3.05, 3.63) is 101 Å². The Morgan fingerprint density at radius 1 is 1.09 bits per heavy atom. The van der Waals surface area contributed by atoms with Gasteiger partial charge in [0.15, 0.2) is 5.17 Å². The monoisotopic (exact) mass is 451 g/mol. The zero-order valence-electron chi connectivity index (χ0n) is 18.9. The summed E-state index contributed by atoms with van der Waals surface area (Å²) in [5, 5.41) is 9.92. The summed E-state index contributed by atoms with van der Waals surface area (Å²) in [5.74, 6) is 0.989. The predicted octanol–water partition coefficient (Wildman–Crippen LogP) is 6.10. The Morgan fingerprint density at radius 2 is 1.82 bits per heavy atom. The number of nitrogens with two attached hydrogens (primary N) is 1. The minimum atomic E-state index is -0.297. The first-order valence-corrected chi connectivity index (χ1v) is 12.6. The average Bonchev–Trinajstić information content (AvgIpc) is 2.95. The number of fused-ring (bicyclic) bond motifs is 4. The number of nitrogens with zero attached hydrogens (tertiary/aromatic N) is 2. The van der Waals surface area contributed by atoms with Crippen LogP contribution in [0.5, 0.6) is 0 Å². The third kappa shape index (κ3) is 3.56. The Morgan fingerprint density at radius 3 is 2.45 bits per heavy atom. The molecule has 1 unspecified atom stereocenters. The lowest BCUT2D eigenvalue weighted by molar-refractivity contribution is 0.114. The van der Waals surface area contributed by atoms with Crippen molar-refractivity contribution in [3.8, 4) is 6.07 Å². The van der Waals surface area contributed by atoms with Crippen molar-refractivity contribution in [2.45, 2.75) is 44.1 Å². The summed E-state index contributed by atoms with van der Waals surface area (Å²) >= 11 is 1.67. The van der Waals surface area contributed by atoms with Crippen LogP contribution < -0.4 is 5.73 Å². The summed E-state index contributed by atoms with van der Waals surface area (Å²) in [5.41, 5.74) is 14.2. The van der Waals surface area contributed by atoms with Gasteiger partial charge >= 0.3 is 0 Å². The highest BCUT2D eigenvalue weighted by Crippen LogP contribution is 2.61. The van der Waals surface area contributed by atoms with Gasteiger partial charge in [-0.1, -0.05) is 67.4 Å². The molecule has 2 aromatic carbocycles. The van der Waals surface area contributed by atoms with Crippen molar-refractivity contribution in [2.24, 2.45) is 16.1 Å². The minimum Gasteiger partial charge on any atom is -0.379 e. The molecule has 1 heterocycles. The van der Waals surface area contributed by atoms with E-state index in [0.29, 0.717) is 10.7 Å². The molecular formula is C29H29N3S. The van der Waals surface area contributed by atoms with Crippen molar-refractivity contribution < 1.29 is 0 Å². The van der Waals surface area contributed by atoms with Gasteiger partial charge in [-0.3, -0.25) is 4.99 Å². The molecule has 0 fully saturated rings. The van der Waals surface area contributed by atoms with Crippen molar-refractivity contribution in [3.63, 3.8) is 0 Å². The third-order valence-corrected chi connectivity index (χ3v) is 8.66. The molecule has 2 aromatic rings. The molecule has 2 spiro atoms. The van der Waals surface area contributed by atoms with Gasteiger partial charge in [-0.05, 0) is 84.1 Å². The number of aryl methyl sites for hydroxylation is 2. The van der Waals surface area contributed by atoms with E-state index in [1.54, 1.807) is 17.8 Å².